The van der Waals surface area contributed by atoms with Gasteiger partial charge < -0.3 is 15.4 Å². The fourth-order valence-corrected chi connectivity index (χ4v) is 4.21. The van der Waals surface area contributed by atoms with Crippen molar-refractivity contribution in [1.82, 2.24) is 10.0 Å². The molecule has 2 aliphatic rings. The quantitative estimate of drug-likeness (QED) is 0.701. The van der Waals surface area contributed by atoms with Gasteiger partial charge in [0.25, 0.3) is 0 Å². The molecule has 1 aliphatic heterocycles. The van der Waals surface area contributed by atoms with Crippen molar-refractivity contribution in [2.24, 2.45) is 0 Å². The number of amides is 1. The molecule has 1 saturated heterocycles. The first-order valence-corrected chi connectivity index (χ1v) is 9.66. The zero-order chi connectivity index (χ0) is 17.2. The van der Waals surface area contributed by atoms with E-state index in [0.717, 1.165) is 19.4 Å². The maximum Gasteiger partial charge on any atom is 0.241 e. The predicted molar refractivity (Wildman–Crippen MR) is 90.4 cm³/mol. The van der Waals surface area contributed by atoms with Crippen LogP contribution in [0, 0.1) is 6.92 Å². The molecule has 3 N–H and O–H groups in total. The second-order valence-electron chi connectivity index (χ2n) is 6.35. The number of sulfonamides is 1. The van der Waals surface area contributed by atoms with Crippen LogP contribution in [-0.4, -0.2) is 46.2 Å². The molecule has 132 valence electrons. The number of hydrogen-bond donors (Lipinski definition) is 3. The number of hydrogen-bond acceptors (Lipinski definition) is 5. The Morgan fingerprint density at radius 3 is 2.83 bits per heavy atom. The lowest BCUT2D eigenvalue weighted by Gasteiger charge is -2.23. The summed E-state index contributed by atoms with van der Waals surface area (Å²) in [6.45, 7) is 3.64. The summed E-state index contributed by atoms with van der Waals surface area (Å²) < 4.78 is 32.8. The van der Waals surface area contributed by atoms with Crippen molar-refractivity contribution in [3.8, 4) is 0 Å². The molecule has 8 heteroatoms. The number of anilines is 1. The molecule has 2 fully saturated rings. The van der Waals surface area contributed by atoms with Crippen LogP contribution >= 0.6 is 0 Å². The molecule has 0 bridgehead atoms. The summed E-state index contributed by atoms with van der Waals surface area (Å²) in [5, 5.41) is 5.99. The minimum Gasteiger partial charge on any atom is -0.378 e. The highest BCUT2D eigenvalue weighted by Gasteiger charge is 2.29. The largest absolute Gasteiger partial charge is 0.378 e. The number of morpholine rings is 1. The van der Waals surface area contributed by atoms with Crippen LogP contribution in [0.15, 0.2) is 23.1 Å². The summed E-state index contributed by atoms with van der Waals surface area (Å²) in [7, 11) is -3.55. The van der Waals surface area contributed by atoms with E-state index < -0.39 is 10.0 Å². The summed E-state index contributed by atoms with van der Waals surface area (Å²) in [4.78, 5) is 12.4. The lowest BCUT2D eigenvalue weighted by molar-refractivity contribution is -0.117. The van der Waals surface area contributed by atoms with Crippen LogP contribution < -0.4 is 15.4 Å². The van der Waals surface area contributed by atoms with Crippen LogP contribution in [0.5, 0.6) is 0 Å². The van der Waals surface area contributed by atoms with Crippen LogP contribution in [0.1, 0.15) is 24.8 Å². The topological polar surface area (TPSA) is 96.5 Å². The van der Waals surface area contributed by atoms with E-state index in [9.17, 15) is 13.2 Å². The number of benzene rings is 1. The van der Waals surface area contributed by atoms with Crippen molar-refractivity contribution in [1.29, 1.82) is 0 Å². The van der Waals surface area contributed by atoms with Gasteiger partial charge in [-0.25, -0.2) is 13.1 Å². The van der Waals surface area contributed by atoms with Crippen LogP contribution in [0.4, 0.5) is 5.69 Å². The van der Waals surface area contributed by atoms with Gasteiger partial charge in [-0.15, -0.1) is 0 Å². The molecule has 1 atom stereocenters. The lowest BCUT2D eigenvalue weighted by atomic mass is 10.2. The molecule has 0 spiro atoms. The predicted octanol–water partition coefficient (Wildman–Crippen LogP) is 0.753. The number of aryl methyl sites for hydroxylation is 1. The Labute approximate surface area is 142 Å². The molecule has 1 heterocycles. The van der Waals surface area contributed by atoms with Gasteiger partial charge in [-0.1, -0.05) is 6.07 Å². The minimum atomic E-state index is -3.55. The first-order chi connectivity index (χ1) is 11.4. The normalized spacial score (nSPS) is 21.5. The molecule has 1 aromatic carbocycles. The number of carbonyl (C=O) groups is 1. The van der Waals surface area contributed by atoms with Crippen molar-refractivity contribution in [3.63, 3.8) is 0 Å². The van der Waals surface area contributed by atoms with Gasteiger partial charge >= 0.3 is 0 Å². The van der Waals surface area contributed by atoms with Crippen LogP contribution in [0.2, 0.25) is 0 Å². The van der Waals surface area contributed by atoms with Gasteiger partial charge in [-0.05, 0) is 37.5 Å². The Balaban J connectivity index is 1.67. The van der Waals surface area contributed by atoms with Gasteiger partial charge in [0.1, 0.15) is 0 Å². The molecule has 7 nitrogen and oxygen atoms in total. The highest BCUT2D eigenvalue weighted by atomic mass is 32.2. The van der Waals surface area contributed by atoms with Crippen LogP contribution in [0.3, 0.4) is 0 Å². The fraction of sp³-hybridized carbons (Fsp3) is 0.562. The molecule has 0 radical (unpaired) electrons. The van der Waals surface area contributed by atoms with Gasteiger partial charge in [0.2, 0.25) is 15.9 Å². The van der Waals surface area contributed by atoms with E-state index in [0.29, 0.717) is 24.5 Å². The second kappa shape index (κ2) is 7.18. The van der Waals surface area contributed by atoms with E-state index in [2.05, 4.69) is 15.4 Å². The Hall–Kier alpha value is -1.48. The number of nitrogens with one attached hydrogen (secondary N) is 3. The average Bonchev–Trinajstić information content (AvgIpc) is 3.33. The van der Waals surface area contributed by atoms with Crippen molar-refractivity contribution >= 4 is 21.6 Å². The highest BCUT2D eigenvalue weighted by molar-refractivity contribution is 7.89. The average molecular weight is 353 g/mol. The number of carbonyl (C=O) groups excluding carboxylic acids is 1. The SMILES string of the molecule is Cc1ccc(NC(=O)CC2COCCN2)cc1S(=O)(=O)NC1CC1. The third-order valence-corrected chi connectivity index (χ3v) is 5.75. The summed E-state index contributed by atoms with van der Waals surface area (Å²) in [6.07, 6.45) is 2.05. The van der Waals surface area contributed by atoms with Crippen molar-refractivity contribution in [3.05, 3.63) is 23.8 Å². The Bertz CT molecular complexity index is 710. The molecule has 24 heavy (non-hydrogen) atoms. The lowest BCUT2D eigenvalue weighted by Crippen LogP contribution is -2.43. The van der Waals surface area contributed by atoms with Gasteiger partial charge in [0.05, 0.1) is 18.1 Å². The molecule has 1 aromatic rings. The molecular weight excluding hydrogens is 330 g/mol. The third-order valence-electron chi connectivity index (χ3n) is 4.09. The molecule has 1 saturated carbocycles. The molecular formula is C16H23N3O4S. The van der Waals surface area contributed by atoms with Gasteiger partial charge in [0, 0.05) is 30.7 Å². The zero-order valence-corrected chi connectivity index (χ0v) is 14.5. The highest BCUT2D eigenvalue weighted by Crippen LogP contribution is 2.25. The van der Waals surface area contributed by atoms with E-state index in [1.807, 2.05) is 0 Å². The van der Waals surface area contributed by atoms with Gasteiger partial charge in [0.15, 0.2) is 0 Å². The van der Waals surface area contributed by atoms with E-state index in [1.54, 1.807) is 19.1 Å². The zero-order valence-electron chi connectivity index (χ0n) is 13.7. The minimum absolute atomic E-state index is 0.0102. The Kier molecular flexibility index (Phi) is 5.19. The summed E-state index contributed by atoms with van der Waals surface area (Å²) >= 11 is 0. The van der Waals surface area contributed by atoms with E-state index in [1.165, 1.54) is 6.07 Å². The second-order valence-corrected chi connectivity index (χ2v) is 8.04. The van der Waals surface area contributed by atoms with Gasteiger partial charge in [-0.2, -0.15) is 0 Å². The van der Waals surface area contributed by atoms with Crippen LogP contribution in [0.25, 0.3) is 0 Å². The number of ether oxygens (including phenoxy) is 1. The fourth-order valence-electron chi connectivity index (χ4n) is 2.64. The standard InChI is InChI=1S/C16H23N3O4S/c1-11-2-3-13(8-15(11)24(21,22)19-12-4-5-12)18-16(20)9-14-10-23-7-6-17-14/h2-3,8,12,14,17,19H,4-7,9-10H2,1H3,(H,18,20). The van der Waals surface area contributed by atoms with Crippen molar-refractivity contribution in [2.45, 2.75) is 43.2 Å². The molecule has 1 amide bonds. The van der Waals surface area contributed by atoms with Crippen molar-refractivity contribution in [2.75, 3.05) is 25.1 Å². The van der Waals surface area contributed by atoms with E-state index in [-0.39, 0.29) is 29.3 Å². The smallest absolute Gasteiger partial charge is 0.241 e. The monoisotopic (exact) mass is 353 g/mol. The first-order valence-electron chi connectivity index (χ1n) is 8.18. The van der Waals surface area contributed by atoms with Crippen LogP contribution in [-0.2, 0) is 19.6 Å². The third kappa shape index (κ3) is 4.54. The van der Waals surface area contributed by atoms with E-state index in [4.69, 9.17) is 4.74 Å². The van der Waals surface area contributed by atoms with Gasteiger partial charge in [-0.3, -0.25) is 4.79 Å². The maximum absolute atomic E-state index is 12.4. The Morgan fingerprint density at radius 2 is 2.17 bits per heavy atom. The molecule has 1 aliphatic carbocycles. The summed E-state index contributed by atoms with van der Waals surface area (Å²) in [5.41, 5.74) is 1.14. The Morgan fingerprint density at radius 1 is 1.38 bits per heavy atom. The molecule has 3 rings (SSSR count). The number of rotatable bonds is 6. The summed E-state index contributed by atoms with van der Waals surface area (Å²) in [6, 6.07) is 4.98. The van der Waals surface area contributed by atoms with E-state index >= 15 is 0 Å². The maximum atomic E-state index is 12.4. The molecule has 1 unspecified atom stereocenters. The first kappa shape index (κ1) is 17.3. The molecule has 0 aromatic heterocycles. The summed E-state index contributed by atoms with van der Waals surface area (Å²) in [5.74, 6) is -0.166. The van der Waals surface area contributed by atoms with Crippen molar-refractivity contribution < 1.29 is 17.9 Å².